The summed E-state index contributed by atoms with van der Waals surface area (Å²) in [4.78, 5) is 4.03. The molecule has 112 valence electrons. The van der Waals surface area contributed by atoms with Gasteiger partial charge in [-0.25, -0.2) is 0 Å². The zero-order valence-corrected chi connectivity index (χ0v) is 14.8. The van der Waals surface area contributed by atoms with Gasteiger partial charge in [-0.2, -0.15) is 0 Å². The number of nitrogens with zero attached hydrogens (tertiary/aromatic N) is 1. The van der Waals surface area contributed by atoms with E-state index in [1.807, 2.05) is 11.3 Å². The predicted octanol–water partition coefficient (Wildman–Crippen LogP) is 4.57. The van der Waals surface area contributed by atoms with E-state index in [0.717, 1.165) is 26.2 Å². The van der Waals surface area contributed by atoms with E-state index in [2.05, 4.69) is 62.7 Å². The van der Waals surface area contributed by atoms with Crippen LogP contribution in [0.25, 0.3) is 0 Å². The summed E-state index contributed by atoms with van der Waals surface area (Å²) < 4.78 is 1.21. The molecule has 1 aliphatic rings. The van der Waals surface area contributed by atoms with Crippen molar-refractivity contribution in [3.05, 3.63) is 50.1 Å². The third kappa shape index (κ3) is 3.50. The van der Waals surface area contributed by atoms with Crippen molar-refractivity contribution < 1.29 is 0 Å². The lowest BCUT2D eigenvalue weighted by molar-refractivity contribution is 0.675. The van der Waals surface area contributed by atoms with Crippen molar-refractivity contribution in [3.63, 3.8) is 0 Å². The molecule has 0 bridgehead atoms. The maximum absolute atomic E-state index is 3.76. The second-order valence-electron chi connectivity index (χ2n) is 5.50. The van der Waals surface area contributed by atoms with Gasteiger partial charge in [0.05, 0.1) is 5.69 Å². The minimum absolute atomic E-state index is 0.946. The fourth-order valence-electron chi connectivity index (χ4n) is 2.78. The topological polar surface area (TPSA) is 15.3 Å². The van der Waals surface area contributed by atoms with Crippen molar-refractivity contribution in [1.29, 1.82) is 0 Å². The summed E-state index contributed by atoms with van der Waals surface area (Å²) in [6.07, 6.45) is 2.34. The van der Waals surface area contributed by atoms with Crippen molar-refractivity contribution in [2.45, 2.75) is 32.9 Å². The van der Waals surface area contributed by atoms with E-state index < -0.39 is 0 Å². The molecule has 2 aromatic rings. The molecule has 1 aromatic carbocycles. The van der Waals surface area contributed by atoms with Crippen LogP contribution in [0.3, 0.4) is 0 Å². The predicted molar refractivity (Wildman–Crippen MR) is 95.2 cm³/mol. The highest BCUT2D eigenvalue weighted by molar-refractivity contribution is 9.10. The number of hydrogen-bond donors (Lipinski definition) is 1. The summed E-state index contributed by atoms with van der Waals surface area (Å²) in [6.45, 7) is 6.36. The van der Waals surface area contributed by atoms with Gasteiger partial charge >= 0.3 is 0 Å². The smallest absolute Gasteiger partial charge is 0.0513 e. The highest BCUT2D eigenvalue weighted by atomic mass is 79.9. The summed E-state index contributed by atoms with van der Waals surface area (Å²) >= 11 is 5.65. The summed E-state index contributed by atoms with van der Waals surface area (Å²) in [6, 6.07) is 9.01. The molecular weight excluding hydrogens is 344 g/mol. The molecule has 0 fully saturated rings. The van der Waals surface area contributed by atoms with Crippen LogP contribution in [0, 0.1) is 0 Å². The van der Waals surface area contributed by atoms with Gasteiger partial charge in [0.1, 0.15) is 0 Å². The Hall–Kier alpha value is -0.840. The SMILES string of the molecule is CCCNCc1ccc(N2CCc3sccc3C2)c(Br)c1. The van der Waals surface area contributed by atoms with E-state index in [1.165, 1.54) is 34.1 Å². The average molecular weight is 365 g/mol. The Kier molecular flexibility index (Phi) is 4.99. The van der Waals surface area contributed by atoms with Gasteiger partial charge in [0.2, 0.25) is 0 Å². The van der Waals surface area contributed by atoms with Crippen molar-refractivity contribution in [2.75, 3.05) is 18.0 Å². The Balaban J connectivity index is 1.71. The number of nitrogens with one attached hydrogen (secondary N) is 1. The van der Waals surface area contributed by atoms with E-state index in [-0.39, 0.29) is 0 Å². The molecule has 0 spiro atoms. The van der Waals surface area contributed by atoms with Gasteiger partial charge in [0.15, 0.2) is 0 Å². The molecule has 3 rings (SSSR count). The number of benzene rings is 1. The van der Waals surface area contributed by atoms with Gasteiger partial charge < -0.3 is 10.2 Å². The zero-order valence-electron chi connectivity index (χ0n) is 12.4. The van der Waals surface area contributed by atoms with Crippen LogP contribution >= 0.6 is 27.3 Å². The molecule has 21 heavy (non-hydrogen) atoms. The number of fused-ring (bicyclic) bond motifs is 1. The van der Waals surface area contributed by atoms with Gasteiger partial charge in [-0.05, 0) is 70.0 Å². The molecule has 0 atom stereocenters. The van der Waals surface area contributed by atoms with Crippen molar-refractivity contribution in [3.8, 4) is 0 Å². The third-order valence-corrected chi connectivity index (χ3v) is 5.57. The third-order valence-electron chi connectivity index (χ3n) is 3.92. The fraction of sp³-hybridized carbons (Fsp3) is 0.412. The summed E-state index contributed by atoms with van der Waals surface area (Å²) in [5, 5.41) is 5.67. The van der Waals surface area contributed by atoms with E-state index in [0.29, 0.717) is 0 Å². The van der Waals surface area contributed by atoms with Crippen LogP contribution in [0.4, 0.5) is 5.69 Å². The van der Waals surface area contributed by atoms with Crippen molar-refractivity contribution >= 4 is 33.0 Å². The van der Waals surface area contributed by atoms with Crippen molar-refractivity contribution in [1.82, 2.24) is 5.32 Å². The minimum atomic E-state index is 0.946. The van der Waals surface area contributed by atoms with Gasteiger partial charge in [-0.1, -0.05) is 13.0 Å². The molecule has 4 heteroatoms. The fourth-order valence-corrected chi connectivity index (χ4v) is 4.35. The second-order valence-corrected chi connectivity index (χ2v) is 7.36. The summed E-state index contributed by atoms with van der Waals surface area (Å²) in [7, 11) is 0. The largest absolute Gasteiger partial charge is 0.366 e. The van der Waals surface area contributed by atoms with E-state index >= 15 is 0 Å². The molecule has 0 aliphatic carbocycles. The van der Waals surface area contributed by atoms with Gasteiger partial charge in [-0.3, -0.25) is 0 Å². The average Bonchev–Trinajstić information content (AvgIpc) is 2.95. The van der Waals surface area contributed by atoms with Crippen molar-refractivity contribution in [2.24, 2.45) is 0 Å². The highest BCUT2D eigenvalue weighted by Crippen LogP contribution is 2.32. The van der Waals surface area contributed by atoms with E-state index in [4.69, 9.17) is 0 Å². The van der Waals surface area contributed by atoms with Gasteiger partial charge in [-0.15, -0.1) is 11.3 Å². The number of hydrogen-bond acceptors (Lipinski definition) is 3. The first kappa shape index (κ1) is 15.1. The quantitative estimate of drug-likeness (QED) is 0.781. The molecule has 2 heterocycles. The first-order valence-electron chi connectivity index (χ1n) is 7.57. The highest BCUT2D eigenvalue weighted by Gasteiger charge is 2.19. The molecule has 2 nitrogen and oxygen atoms in total. The molecule has 1 N–H and O–H groups in total. The van der Waals surface area contributed by atoms with Crippen LogP contribution < -0.4 is 10.2 Å². The van der Waals surface area contributed by atoms with E-state index in [1.54, 1.807) is 4.88 Å². The first-order valence-corrected chi connectivity index (χ1v) is 9.24. The summed E-state index contributed by atoms with van der Waals surface area (Å²) in [5.41, 5.74) is 4.14. The number of halogens is 1. The molecule has 1 aliphatic heterocycles. The number of rotatable bonds is 5. The Labute approximate surface area is 139 Å². The lowest BCUT2D eigenvalue weighted by Crippen LogP contribution is -2.29. The Morgan fingerprint density at radius 3 is 3.05 bits per heavy atom. The molecular formula is C17H21BrN2S. The Bertz CT molecular complexity index is 609. The molecule has 0 saturated heterocycles. The second kappa shape index (κ2) is 6.95. The monoisotopic (exact) mass is 364 g/mol. The molecule has 0 radical (unpaired) electrons. The maximum Gasteiger partial charge on any atom is 0.0513 e. The van der Waals surface area contributed by atoms with Crippen LogP contribution in [0.1, 0.15) is 29.3 Å². The zero-order chi connectivity index (χ0) is 14.7. The van der Waals surface area contributed by atoms with Crippen LogP contribution in [-0.2, 0) is 19.5 Å². The summed E-state index contributed by atoms with van der Waals surface area (Å²) in [5.74, 6) is 0. The Morgan fingerprint density at radius 1 is 1.33 bits per heavy atom. The van der Waals surface area contributed by atoms with Crippen LogP contribution in [0.5, 0.6) is 0 Å². The lowest BCUT2D eigenvalue weighted by atomic mass is 10.1. The van der Waals surface area contributed by atoms with Crippen LogP contribution in [-0.4, -0.2) is 13.1 Å². The standard InChI is InChI=1S/C17H21BrN2S/c1-2-7-19-11-13-3-4-16(15(18)10-13)20-8-5-17-14(12-20)6-9-21-17/h3-4,6,9-10,19H,2,5,7-8,11-12H2,1H3. The Morgan fingerprint density at radius 2 is 2.24 bits per heavy atom. The van der Waals surface area contributed by atoms with Crippen LogP contribution in [0.2, 0.25) is 0 Å². The first-order chi connectivity index (χ1) is 10.3. The van der Waals surface area contributed by atoms with E-state index in [9.17, 15) is 0 Å². The van der Waals surface area contributed by atoms with Crippen LogP contribution in [0.15, 0.2) is 34.1 Å². The lowest BCUT2D eigenvalue weighted by Gasteiger charge is -2.30. The van der Waals surface area contributed by atoms with Gasteiger partial charge in [0, 0.05) is 29.0 Å². The molecule has 1 aromatic heterocycles. The number of thiophene rings is 1. The molecule has 0 amide bonds. The van der Waals surface area contributed by atoms with Gasteiger partial charge in [0.25, 0.3) is 0 Å². The number of anilines is 1. The minimum Gasteiger partial charge on any atom is -0.366 e. The molecule has 0 unspecified atom stereocenters. The molecule has 0 saturated carbocycles. The normalized spacial score (nSPS) is 14.3. The maximum atomic E-state index is 3.76.